The molecule has 0 bridgehead atoms. The highest BCUT2D eigenvalue weighted by molar-refractivity contribution is 5.78. The zero-order valence-electron chi connectivity index (χ0n) is 11.5. The van der Waals surface area contributed by atoms with Crippen LogP contribution in [0.25, 0.3) is 0 Å². The lowest BCUT2D eigenvalue weighted by molar-refractivity contribution is -0.141. The van der Waals surface area contributed by atoms with Crippen molar-refractivity contribution >= 4 is 5.91 Å². The van der Waals surface area contributed by atoms with E-state index in [0.717, 1.165) is 25.9 Å². The average molecular weight is 242 g/mol. The molecular formula is C13H26N2O2. The van der Waals surface area contributed by atoms with Crippen molar-refractivity contribution in [2.24, 2.45) is 0 Å². The summed E-state index contributed by atoms with van der Waals surface area (Å²) in [4.78, 5) is 14.1. The molecule has 0 radical (unpaired) electrons. The molecule has 0 aromatic rings. The van der Waals surface area contributed by atoms with Gasteiger partial charge in [0.25, 0.3) is 0 Å². The van der Waals surface area contributed by atoms with E-state index in [-0.39, 0.29) is 18.6 Å². The van der Waals surface area contributed by atoms with Gasteiger partial charge in [-0.2, -0.15) is 0 Å². The van der Waals surface area contributed by atoms with Crippen LogP contribution < -0.4 is 5.32 Å². The van der Waals surface area contributed by atoms with Crippen LogP contribution in [-0.2, 0) is 9.53 Å². The first kappa shape index (κ1) is 14.5. The number of amides is 1. The molecule has 1 aliphatic heterocycles. The van der Waals surface area contributed by atoms with E-state index in [0.29, 0.717) is 12.1 Å². The molecule has 1 N–H and O–H groups in total. The van der Waals surface area contributed by atoms with Crippen molar-refractivity contribution in [2.45, 2.75) is 58.7 Å². The Labute approximate surface area is 105 Å². The molecule has 1 saturated heterocycles. The van der Waals surface area contributed by atoms with Crippen molar-refractivity contribution in [3.05, 3.63) is 0 Å². The van der Waals surface area contributed by atoms with Crippen molar-refractivity contribution in [2.75, 3.05) is 19.7 Å². The average Bonchev–Trinajstić information content (AvgIpc) is 2.34. The van der Waals surface area contributed by atoms with Gasteiger partial charge in [-0.25, -0.2) is 0 Å². The van der Waals surface area contributed by atoms with Gasteiger partial charge in [0.15, 0.2) is 0 Å². The van der Waals surface area contributed by atoms with Gasteiger partial charge in [0.1, 0.15) is 6.61 Å². The van der Waals surface area contributed by atoms with Gasteiger partial charge in [-0.3, -0.25) is 4.79 Å². The van der Waals surface area contributed by atoms with Crippen LogP contribution in [0.5, 0.6) is 0 Å². The van der Waals surface area contributed by atoms with E-state index in [2.05, 4.69) is 19.2 Å². The highest BCUT2D eigenvalue weighted by atomic mass is 16.5. The summed E-state index contributed by atoms with van der Waals surface area (Å²) in [6.07, 6.45) is 2.17. The van der Waals surface area contributed by atoms with Gasteiger partial charge in [-0.15, -0.1) is 0 Å². The van der Waals surface area contributed by atoms with Crippen LogP contribution in [0, 0.1) is 0 Å². The second-order valence-corrected chi connectivity index (χ2v) is 4.98. The van der Waals surface area contributed by atoms with Gasteiger partial charge in [0, 0.05) is 25.2 Å². The summed E-state index contributed by atoms with van der Waals surface area (Å²) in [6.45, 7) is 10.1. The van der Waals surface area contributed by atoms with Crippen molar-refractivity contribution < 1.29 is 9.53 Å². The van der Waals surface area contributed by atoms with E-state index >= 15 is 0 Å². The van der Waals surface area contributed by atoms with Crippen LogP contribution in [0.15, 0.2) is 0 Å². The van der Waals surface area contributed by atoms with E-state index in [1.807, 2.05) is 18.7 Å². The summed E-state index contributed by atoms with van der Waals surface area (Å²) in [5, 5.41) is 3.48. The molecule has 0 spiro atoms. The number of carbonyl (C=O) groups is 1. The molecular weight excluding hydrogens is 216 g/mol. The minimum absolute atomic E-state index is 0.115. The number of nitrogens with one attached hydrogen (secondary N) is 1. The molecule has 17 heavy (non-hydrogen) atoms. The Morgan fingerprint density at radius 1 is 1.41 bits per heavy atom. The van der Waals surface area contributed by atoms with Crippen molar-refractivity contribution in [3.63, 3.8) is 0 Å². The standard InChI is InChI=1S/C13H26N2O2/c1-5-11-8-15(12(6-2)7-14-11)13(16)9-17-10(3)4/h10-12,14H,5-9H2,1-4H3. The SMILES string of the molecule is CCC1CN(C(=O)COC(C)C)C(CC)CN1. The highest BCUT2D eigenvalue weighted by Gasteiger charge is 2.29. The minimum Gasteiger partial charge on any atom is -0.369 e. The second kappa shape index (κ2) is 6.97. The fraction of sp³-hybridized carbons (Fsp3) is 0.923. The second-order valence-electron chi connectivity index (χ2n) is 4.98. The van der Waals surface area contributed by atoms with Crippen molar-refractivity contribution in [3.8, 4) is 0 Å². The Morgan fingerprint density at radius 3 is 2.65 bits per heavy atom. The number of rotatable bonds is 5. The number of hydrogen-bond acceptors (Lipinski definition) is 3. The first-order chi connectivity index (χ1) is 8.08. The zero-order chi connectivity index (χ0) is 12.8. The molecule has 0 aliphatic carbocycles. The normalized spacial score (nSPS) is 25.4. The third-order valence-electron chi connectivity index (χ3n) is 3.32. The molecule has 2 unspecified atom stereocenters. The minimum atomic E-state index is 0.115. The molecule has 100 valence electrons. The zero-order valence-corrected chi connectivity index (χ0v) is 11.5. The maximum absolute atomic E-state index is 12.1. The Balaban J connectivity index is 2.53. The first-order valence-corrected chi connectivity index (χ1v) is 6.72. The van der Waals surface area contributed by atoms with Gasteiger partial charge < -0.3 is 15.0 Å². The third-order valence-corrected chi connectivity index (χ3v) is 3.32. The fourth-order valence-corrected chi connectivity index (χ4v) is 2.13. The maximum atomic E-state index is 12.1. The quantitative estimate of drug-likeness (QED) is 0.792. The molecule has 1 fully saturated rings. The lowest BCUT2D eigenvalue weighted by atomic mass is 10.1. The molecule has 4 heteroatoms. The van der Waals surface area contributed by atoms with E-state index in [1.165, 1.54) is 0 Å². The van der Waals surface area contributed by atoms with Gasteiger partial charge >= 0.3 is 0 Å². The summed E-state index contributed by atoms with van der Waals surface area (Å²) < 4.78 is 5.41. The van der Waals surface area contributed by atoms with Crippen LogP contribution in [0.3, 0.4) is 0 Å². The van der Waals surface area contributed by atoms with E-state index in [4.69, 9.17) is 4.74 Å². The Bertz CT molecular complexity index is 244. The van der Waals surface area contributed by atoms with Gasteiger partial charge in [0.05, 0.1) is 6.10 Å². The molecule has 4 nitrogen and oxygen atoms in total. The number of carbonyl (C=O) groups excluding carboxylic acids is 1. The van der Waals surface area contributed by atoms with Gasteiger partial charge in [-0.1, -0.05) is 13.8 Å². The summed E-state index contributed by atoms with van der Waals surface area (Å²) in [7, 11) is 0. The smallest absolute Gasteiger partial charge is 0.248 e. The maximum Gasteiger partial charge on any atom is 0.248 e. The van der Waals surface area contributed by atoms with Gasteiger partial charge in [0.2, 0.25) is 5.91 Å². The van der Waals surface area contributed by atoms with E-state index in [9.17, 15) is 4.79 Å². The van der Waals surface area contributed by atoms with Crippen LogP contribution in [-0.4, -0.2) is 48.7 Å². The van der Waals surface area contributed by atoms with Crippen LogP contribution in [0.2, 0.25) is 0 Å². The van der Waals surface area contributed by atoms with E-state index < -0.39 is 0 Å². The predicted molar refractivity (Wildman–Crippen MR) is 69.0 cm³/mol. The molecule has 2 atom stereocenters. The first-order valence-electron chi connectivity index (χ1n) is 6.72. The Morgan fingerprint density at radius 2 is 2.12 bits per heavy atom. The molecule has 0 aromatic carbocycles. The Kier molecular flexibility index (Phi) is 5.92. The fourth-order valence-electron chi connectivity index (χ4n) is 2.13. The van der Waals surface area contributed by atoms with Crippen LogP contribution in [0.1, 0.15) is 40.5 Å². The summed E-state index contributed by atoms with van der Waals surface area (Å²) in [6, 6.07) is 0.752. The third kappa shape index (κ3) is 4.28. The molecule has 1 rings (SSSR count). The summed E-state index contributed by atoms with van der Waals surface area (Å²) in [5.41, 5.74) is 0. The summed E-state index contributed by atoms with van der Waals surface area (Å²) >= 11 is 0. The Hall–Kier alpha value is -0.610. The highest BCUT2D eigenvalue weighted by Crippen LogP contribution is 2.12. The van der Waals surface area contributed by atoms with Crippen LogP contribution >= 0.6 is 0 Å². The lowest BCUT2D eigenvalue weighted by Gasteiger charge is -2.40. The number of ether oxygens (including phenoxy) is 1. The molecule has 1 aliphatic rings. The topological polar surface area (TPSA) is 41.6 Å². The van der Waals surface area contributed by atoms with E-state index in [1.54, 1.807) is 0 Å². The van der Waals surface area contributed by atoms with Gasteiger partial charge in [-0.05, 0) is 26.7 Å². The lowest BCUT2D eigenvalue weighted by Crippen LogP contribution is -2.58. The largest absolute Gasteiger partial charge is 0.369 e. The molecule has 0 aromatic heterocycles. The van der Waals surface area contributed by atoms with Crippen LogP contribution in [0.4, 0.5) is 0 Å². The monoisotopic (exact) mass is 242 g/mol. The van der Waals surface area contributed by atoms with Crippen molar-refractivity contribution in [1.82, 2.24) is 10.2 Å². The van der Waals surface area contributed by atoms with Crippen molar-refractivity contribution in [1.29, 1.82) is 0 Å². The number of hydrogen-bond donors (Lipinski definition) is 1. The molecule has 1 amide bonds. The number of piperazine rings is 1. The number of nitrogens with zero attached hydrogens (tertiary/aromatic N) is 1. The molecule has 1 heterocycles. The molecule has 0 saturated carbocycles. The predicted octanol–water partition coefficient (Wildman–Crippen LogP) is 1.40. The summed E-state index contributed by atoms with van der Waals surface area (Å²) in [5.74, 6) is 0.130.